The lowest BCUT2D eigenvalue weighted by Gasteiger charge is -2.23. The van der Waals surface area contributed by atoms with Crippen LogP contribution in [0.5, 0.6) is 5.75 Å². The zero-order valence-corrected chi connectivity index (χ0v) is 20.3. The molecular weight excluding hydrogens is 511 g/mol. The van der Waals surface area contributed by atoms with Crippen molar-refractivity contribution < 1.29 is 23.1 Å². The van der Waals surface area contributed by atoms with Gasteiger partial charge in [-0.1, -0.05) is 36.4 Å². The molecule has 2 amide bonds. The van der Waals surface area contributed by atoms with Crippen LogP contribution in [0.2, 0.25) is 0 Å². The van der Waals surface area contributed by atoms with Gasteiger partial charge >= 0.3 is 12.2 Å². The number of aromatic nitrogens is 2. The molecule has 1 atom stereocenters. The van der Waals surface area contributed by atoms with Crippen molar-refractivity contribution in [1.29, 1.82) is 0 Å². The Hall–Kier alpha value is -4.93. The largest absolute Gasteiger partial charge is 0.508 e. The number of halogens is 3. The van der Waals surface area contributed by atoms with Crippen molar-refractivity contribution in [2.24, 2.45) is 5.10 Å². The first-order valence-corrected chi connectivity index (χ1v) is 11.9. The standard InChI is InChI=1S/C28H22F3N5O3/c29-28(30,31)20-11-9-18(10-12-20)17-35-14-4-7-22(26(35)38)33-27(39)36-24(21-6-1-2-8-25(21)37)15-23(34-36)19-5-3-13-32-16-19/h1-14,16,24,37H,15,17H2,(H,33,39). The van der Waals surface area contributed by atoms with Crippen LogP contribution in [0.3, 0.4) is 0 Å². The number of urea groups is 1. The summed E-state index contributed by atoms with van der Waals surface area (Å²) in [6.07, 6.45) is 0.579. The molecule has 39 heavy (non-hydrogen) atoms. The summed E-state index contributed by atoms with van der Waals surface area (Å²) in [4.78, 5) is 30.6. The number of hydrogen-bond donors (Lipinski definition) is 2. The van der Waals surface area contributed by atoms with E-state index in [0.717, 1.165) is 12.1 Å². The minimum absolute atomic E-state index is 0.00143. The normalized spacial score (nSPS) is 15.2. The van der Waals surface area contributed by atoms with Crippen LogP contribution in [0.15, 0.2) is 101 Å². The lowest BCUT2D eigenvalue weighted by Crippen LogP contribution is -2.34. The van der Waals surface area contributed by atoms with Gasteiger partial charge in [0.2, 0.25) is 0 Å². The van der Waals surface area contributed by atoms with E-state index in [1.807, 2.05) is 6.07 Å². The van der Waals surface area contributed by atoms with Gasteiger partial charge in [-0.2, -0.15) is 18.3 Å². The molecule has 0 spiro atoms. The highest BCUT2D eigenvalue weighted by Gasteiger charge is 2.35. The second-order valence-electron chi connectivity index (χ2n) is 8.89. The SMILES string of the molecule is O=C(Nc1cccn(Cc2ccc(C(F)(F)F)cc2)c1=O)N1N=C(c2cccnc2)CC1c1ccccc1O. The van der Waals surface area contributed by atoms with Gasteiger partial charge in [0.25, 0.3) is 5.56 Å². The number of phenolic OH excluding ortho intramolecular Hbond substituents is 1. The number of nitrogens with one attached hydrogen (secondary N) is 1. The molecule has 2 N–H and O–H groups in total. The van der Waals surface area contributed by atoms with Crippen LogP contribution in [0.4, 0.5) is 23.7 Å². The van der Waals surface area contributed by atoms with Crippen LogP contribution < -0.4 is 10.9 Å². The summed E-state index contributed by atoms with van der Waals surface area (Å²) < 4.78 is 39.9. The number of hydrogen-bond acceptors (Lipinski definition) is 5. The predicted octanol–water partition coefficient (Wildman–Crippen LogP) is 5.40. The average Bonchev–Trinajstić information content (AvgIpc) is 3.37. The number of rotatable bonds is 5. The van der Waals surface area contributed by atoms with Crippen molar-refractivity contribution in [2.45, 2.75) is 25.2 Å². The molecule has 11 heteroatoms. The van der Waals surface area contributed by atoms with Gasteiger partial charge in [0.05, 0.1) is 23.9 Å². The number of alkyl halides is 3. The lowest BCUT2D eigenvalue weighted by atomic mass is 9.98. The maximum atomic E-state index is 13.4. The Bertz CT molecular complexity index is 1580. The number of amides is 2. The second-order valence-corrected chi connectivity index (χ2v) is 8.89. The first-order valence-electron chi connectivity index (χ1n) is 11.9. The molecule has 3 heterocycles. The number of pyridine rings is 2. The third-order valence-electron chi connectivity index (χ3n) is 6.30. The van der Waals surface area contributed by atoms with E-state index in [2.05, 4.69) is 15.4 Å². The molecule has 0 fully saturated rings. The van der Waals surface area contributed by atoms with Crippen molar-refractivity contribution in [1.82, 2.24) is 14.6 Å². The van der Waals surface area contributed by atoms with Gasteiger partial charge in [0.1, 0.15) is 11.4 Å². The molecule has 5 rings (SSSR count). The van der Waals surface area contributed by atoms with Gasteiger partial charge in [-0.15, -0.1) is 0 Å². The van der Waals surface area contributed by atoms with Gasteiger partial charge in [0, 0.05) is 36.1 Å². The Balaban J connectivity index is 1.40. The molecule has 1 unspecified atom stereocenters. The van der Waals surface area contributed by atoms with E-state index in [-0.39, 0.29) is 18.0 Å². The molecule has 198 valence electrons. The molecule has 2 aromatic heterocycles. The Labute approximate surface area is 220 Å². The van der Waals surface area contributed by atoms with Crippen molar-refractivity contribution >= 4 is 17.4 Å². The third kappa shape index (κ3) is 5.52. The zero-order chi connectivity index (χ0) is 27.6. The fourth-order valence-corrected chi connectivity index (χ4v) is 4.34. The van der Waals surface area contributed by atoms with Gasteiger partial charge in [-0.05, 0) is 42.0 Å². The summed E-state index contributed by atoms with van der Waals surface area (Å²) in [5.41, 5.74) is 0.916. The topological polar surface area (TPSA) is 99.8 Å². The van der Waals surface area contributed by atoms with Crippen LogP contribution in [0.25, 0.3) is 0 Å². The van der Waals surface area contributed by atoms with Crippen LogP contribution in [-0.2, 0) is 12.7 Å². The fraction of sp³-hybridized carbons (Fsp3) is 0.143. The Kier molecular flexibility index (Phi) is 6.88. The zero-order valence-electron chi connectivity index (χ0n) is 20.3. The van der Waals surface area contributed by atoms with E-state index in [1.165, 1.54) is 40.0 Å². The molecule has 4 aromatic rings. The fourth-order valence-electron chi connectivity index (χ4n) is 4.34. The first-order chi connectivity index (χ1) is 18.7. The number of carbonyl (C=O) groups excluding carboxylic acids is 1. The minimum Gasteiger partial charge on any atom is -0.508 e. The number of nitrogens with zero attached hydrogens (tertiary/aromatic N) is 4. The van der Waals surface area contributed by atoms with Gasteiger partial charge in [0.15, 0.2) is 0 Å². The summed E-state index contributed by atoms with van der Waals surface area (Å²) in [6.45, 7) is 0.00815. The maximum Gasteiger partial charge on any atom is 0.416 e. The Morgan fingerprint density at radius 1 is 1.03 bits per heavy atom. The molecular formula is C28H22F3N5O3. The number of hydrazone groups is 1. The molecule has 1 aliphatic rings. The van der Waals surface area contributed by atoms with Crippen molar-refractivity contribution in [3.8, 4) is 5.75 Å². The van der Waals surface area contributed by atoms with Crippen LogP contribution in [0, 0.1) is 0 Å². The molecule has 0 saturated carbocycles. The summed E-state index contributed by atoms with van der Waals surface area (Å²) in [5, 5.41) is 18.7. The number of anilines is 1. The van der Waals surface area contributed by atoms with Gasteiger partial charge in [-0.3, -0.25) is 9.78 Å². The molecule has 0 aliphatic carbocycles. The number of para-hydroxylation sites is 1. The summed E-state index contributed by atoms with van der Waals surface area (Å²) in [6, 6.07) is 16.4. The number of aromatic hydroxyl groups is 1. The van der Waals surface area contributed by atoms with Gasteiger partial charge < -0.3 is 15.0 Å². The second kappa shape index (κ2) is 10.4. The van der Waals surface area contributed by atoms with E-state index in [0.29, 0.717) is 28.8 Å². The number of phenols is 1. The molecule has 0 radical (unpaired) electrons. The average molecular weight is 534 g/mol. The van der Waals surface area contributed by atoms with Crippen molar-refractivity contribution in [3.05, 3.63) is 124 Å². The van der Waals surface area contributed by atoms with E-state index >= 15 is 0 Å². The number of carbonyl (C=O) groups is 1. The quantitative estimate of drug-likeness (QED) is 0.359. The van der Waals surface area contributed by atoms with E-state index < -0.39 is 29.4 Å². The summed E-state index contributed by atoms with van der Waals surface area (Å²) >= 11 is 0. The monoisotopic (exact) mass is 533 g/mol. The third-order valence-corrected chi connectivity index (χ3v) is 6.30. The van der Waals surface area contributed by atoms with Crippen molar-refractivity contribution in [2.75, 3.05) is 5.32 Å². The van der Waals surface area contributed by atoms with Crippen LogP contribution in [0.1, 0.15) is 34.7 Å². The van der Waals surface area contributed by atoms with Gasteiger partial charge in [-0.25, -0.2) is 9.80 Å². The highest BCUT2D eigenvalue weighted by atomic mass is 19.4. The van der Waals surface area contributed by atoms with Crippen LogP contribution >= 0.6 is 0 Å². The molecule has 1 aliphatic heterocycles. The van der Waals surface area contributed by atoms with E-state index in [4.69, 9.17) is 0 Å². The van der Waals surface area contributed by atoms with Crippen molar-refractivity contribution in [3.63, 3.8) is 0 Å². The lowest BCUT2D eigenvalue weighted by molar-refractivity contribution is -0.137. The van der Waals surface area contributed by atoms with Crippen LogP contribution in [-0.4, -0.2) is 31.4 Å². The smallest absolute Gasteiger partial charge is 0.416 e. The minimum atomic E-state index is -4.46. The molecule has 2 aromatic carbocycles. The summed E-state index contributed by atoms with van der Waals surface area (Å²) in [5.74, 6) is 0.00143. The first kappa shape index (κ1) is 25.7. The maximum absolute atomic E-state index is 13.4. The molecule has 8 nitrogen and oxygen atoms in total. The highest BCUT2D eigenvalue weighted by molar-refractivity contribution is 6.03. The Morgan fingerprint density at radius 2 is 1.79 bits per heavy atom. The molecule has 0 saturated heterocycles. The van der Waals surface area contributed by atoms with E-state index in [1.54, 1.807) is 42.7 Å². The highest BCUT2D eigenvalue weighted by Crippen LogP contribution is 2.37. The Morgan fingerprint density at radius 3 is 2.49 bits per heavy atom. The molecule has 0 bridgehead atoms. The number of benzene rings is 2. The summed E-state index contributed by atoms with van der Waals surface area (Å²) in [7, 11) is 0. The predicted molar refractivity (Wildman–Crippen MR) is 138 cm³/mol. The van der Waals surface area contributed by atoms with E-state index in [9.17, 15) is 27.9 Å².